The van der Waals surface area contributed by atoms with Crippen LogP contribution < -0.4 is 20.4 Å². The molecule has 2 aliphatic heterocycles. The second-order valence-electron chi connectivity index (χ2n) is 16.0. The van der Waals surface area contributed by atoms with Crippen molar-refractivity contribution in [1.82, 2.24) is 14.8 Å². The Balaban J connectivity index is 1.25. The van der Waals surface area contributed by atoms with Crippen LogP contribution >= 0.6 is 0 Å². The monoisotopic (exact) mass is 805 g/mol. The van der Waals surface area contributed by atoms with E-state index in [4.69, 9.17) is 9.72 Å². The number of carbonyl (C=O) groups is 4. The van der Waals surface area contributed by atoms with Crippen molar-refractivity contribution in [1.29, 1.82) is 0 Å². The van der Waals surface area contributed by atoms with Crippen molar-refractivity contribution in [2.24, 2.45) is 11.8 Å². The first-order chi connectivity index (χ1) is 28.2. The number of anilines is 4. The van der Waals surface area contributed by atoms with Crippen molar-refractivity contribution < 1.29 is 34.1 Å². The van der Waals surface area contributed by atoms with Crippen molar-refractivity contribution in [3.63, 3.8) is 0 Å². The lowest BCUT2D eigenvalue weighted by atomic mass is 10.0. The third kappa shape index (κ3) is 9.77. The third-order valence-corrected chi connectivity index (χ3v) is 11.3. The van der Waals surface area contributed by atoms with Crippen molar-refractivity contribution in [2.75, 3.05) is 60.8 Å². The number of amides is 4. The molecule has 2 saturated heterocycles. The highest BCUT2D eigenvalue weighted by atomic mass is 16.5. The molecule has 1 aromatic heterocycles. The molecular weight excluding hydrogens is 751 g/mol. The molecular formula is C45H55N7O7. The molecule has 4 amide bonds. The van der Waals surface area contributed by atoms with E-state index in [1.54, 1.807) is 0 Å². The van der Waals surface area contributed by atoms with Gasteiger partial charge in [0.25, 0.3) is 0 Å². The Bertz CT molecular complexity index is 1970. The molecule has 4 aromatic rings. The molecule has 0 saturated carbocycles. The fourth-order valence-electron chi connectivity index (χ4n) is 8.29. The zero-order chi connectivity index (χ0) is 42.4. The molecule has 3 heterocycles. The van der Waals surface area contributed by atoms with Crippen molar-refractivity contribution in [3.05, 3.63) is 102 Å². The third-order valence-electron chi connectivity index (χ3n) is 11.3. The maximum atomic E-state index is 13.2. The molecule has 0 bridgehead atoms. The normalized spacial score (nSPS) is 17.7. The number of morpholine rings is 1. The summed E-state index contributed by atoms with van der Waals surface area (Å²) in [5.41, 5.74) is 6.37. The average molecular weight is 806 g/mol. The average Bonchev–Trinajstić information content (AvgIpc) is 3.67. The molecule has 312 valence electrons. The number of rotatable bonds is 13. The van der Waals surface area contributed by atoms with E-state index in [1.165, 1.54) is 14.1 Å². The zero-order valence-corrected chi connectivity index (χ0v) is 34.5. The smallest absolute Gasteiger partial charge is 0.407 e. The van der Waals surface area contributed by atoms with E-state index in [0.717, 1.165) is 69.5 Å². The standard InChI is InChI=1S/C45H55N7O7/c1-28(2)40(49(5)44(55)56)42(53)47-34-14-7-31(8-15-34)37-20-21-38(32-9-16-35(17-10-32)48-43(54)41(29(3)4)50(6)45(57)58)52(37)36-18-11-30(12-19-36)33-13-22-39(46-27-33)51-23-25-59-26-24-51/h7-19,22,27-29,37-38,40-41H,20-21,23-26H2,1-6H3,(H,47,53)(H,48,54)(H,55,56)(H,57,58)/t37-,38-,40-,41-/m0/s1. The van der Waals surface area contributed by atoms with Gasteiger partial charge in [-0.15, -0.1) is 0 Å². The molecule has 0 spiro atoms. The van der Waals surface area contributed by atoms with Gasteiger partial charge in [0.15, 0.2) is 0 Å². The molecule has 0 unspecified atom stereocenters. The molecule has 2 aliphatic rings. The number of benzene rings is 3. The molecule has 14 nitrogen and oxygen atoms in total. The largest absolute Gasteiger partial charge is 0.465 e. The quantitative estimate of drug-likeness (QED) is 0.105. The van der Waals surface area contributed by atoms with Gasteiger partial charge in [-0.25, -0.2) is 14.6 Å². The summed E-state index contributed by atoms with van der Waals surface area (Å²) < 4.78 is 5.49. The molecule has 6 rings (SSSR count). The molecule has 14 heteroatoms. The van der Waals surface area contributed by atoms with Crippen molar-refractivity contribution in [3.8, 4) is 11.1 Å². The maximum absolute atomic E-state index is 13.2. The van der Waals surface area contributed by atoms with Gasteiger partial charge in [0.05, 0.1) is 25.3 Å². The molecule has 0 aliphatic carbocycles. The lowest BCUT2D eigenvalue weighted by molar-refractivity contribution is -0.122. The summed E-state index contributed by atoms with van der Waals surface area (Å²) in [6, 6.07) is 26.4. The van der Waals surface area contributed by atoms with Gasteiger partial charge in [-0.2, -0.15) is 0 Å². The number of hydrogen-bond donors (Lipinski definition) is 4. The van der Waals surface area contributed by atoms with E-state index in [9.17, 15) is 29.4 Å². The van der Waals surface area contributed by atoms with E-state index in [-0.39, 0.29) is 35.7 Å². The summed E-state index contributed by atoms with van der Waals surface area (Å²) in [4.78, 5) is 61.2. The van der Waals surface area contributed by atoms with Gasteiger partial charge >= 0.3 is 12.2 Å². The Kier molecular flexibility index (Phi) is 13.4. The molecule has 4 atom stereocenters. The Morgan fingerprint density at radius 1 is 0.661 bits per heavy atom. The van der Waals surface area contributed by atoms with Gasteiger partial charge in [-0.3, -0.25) is 19.4 Å². The minimum absolute atomic E-state index is 0.00985. The van der Waals surface area contributed by atoms with Crippen LogP contribution in [0.4, 0.5) is 32.5 Å². The number of likely N-dealkylation sites (N-methyl/N-ethyl adjacent to an activating group) is 2. The van der Waals surface area contributed by atoms with Crippen LogP contribution in [0.3, 0.4) is 0 Å². The van der Waals surface area contributed by atoms with Crippen molar-refractivity contribution in [2.45, 2.75) is 64.7 Å². The predicted molar refractivity (Wildman–Crippen MR) is 229 cm³/mol. The van der Waals surface area contributed by atoms with E-state index in [2.05, 4.69) is 56.8 Å². The molecule has 2 fully saturated rings. The highest BCUT2D eigenvalue weighted by Crippen LogP contribution is 2.47. The molecule has 59 heavy (non-hydrogen) atoms. The van der Waals surface area contributed by atoms with Crippen LogP contribution in [0.5, 0.6) is 0 Å². The summed E-state index contributed by atoms with van der Waals surface area (Å²) in [7, 11) is 2.80. The summed E-state index contributed by atoms with van der Waals surface area (Å²) in [6.07, 6.45) is 1.27. The topological polar surface area (TPSA) is 168 Å². The fraction of sp³-hybridized carbons (Fsp3) is 0.400. The van der Waals surface area contributed by atoms with Crippen LogP contribution in [0.15, 0.2) is 91.1 Å². The second-order valence-corrected chi connectivity index (χ2v) is 16.0. The summed E-state index contributed by atoms with van der Waals surface area (Å²) >= 11 is 0. The molecule has 0 radical (unpaired) electrons. The first-order valence-electron chi connectivity index (χ1n) is 20.1. The van der Waals surface area contributed by atoms with Gasteiger partial charge in [-0.1, -0.05) is 64.1 Å². The van der Waals surface area contributed by atoms with E-state index >= 15 is 0 Å². The summed E-state index contributed by atoms with van der Waals surface area (Å²) in [5, 5.41) is 24.9. The van der Waals surface area contributed by atoms with Crippen LogP contribution in [-0.4, -0.2) is 101 Å². The maximum Gasteiger partial charge on any atom is 0.407 e. The molecule has 3 aromatic carbocycles. The fourth-order valence-corrected chi connectivity index (χ4v) is 8.29. The number of hydrogen-bond acceptors (Lipinski definition) is 8. The lowest BCUT2D eigenvalue weighted by Crippen LogP contribution is -2.47. The molecule has 4 N–H and O–H groups in total. The number of ether oxygens (including phenoxy) is 1. The van der Waals surface area contributed by atoms with Crippen LogP contribution in [0.2, 0.25) is 0 Å². The number of carboxylic acid groups (broad SMARTS) is 2. The van der Waals surface area contributed by atoms with Crippen LogP contribution in [0.1, 0.15) is 63.7 Å². The van der Waals surface area contributed by atoms with Crippen LogP contribution in [0, 0.1) is 11.8 Å². The van der Waals surface area contributed by atoms with Gasteiger partial charge in [-0.05, 0) is 89.9 Å². The second kappa shape index (κ2) is 18.6. The first-order valence-corrected chi connectivity index (χ1v) is 20.1. The predicted octanol–water partition coefficient (Wildman–Crippen LogP) is 7.81. The highest BCUT2D eigenvalue weighted by molar-refractivity contribution is 5.97. The van der Waals surface area contributed by atoms with E-state index in [1.807, 2.05) is 82.4 Å². The van der Waals surface area contributed by atoms with Crippen LogP contribution in [0.25, 0.3) is 11.1 Å². The van der Waals surface area contributed by atoms with Crippen LogP contribution in [-0.2, 0) is 14.3 Å². The SMILES string of the molecule is CC(C)[C@@H](C(=O)Nc1ccc([C@@H]2CC[C@@H](c3ccc(NC(=O)[C@H](C(C)C)N(C)C(=O)O)cc3)N2c2ccc(-c3ccc(N4CCOCC4)nc3)cc2)cc1)N(C)C(=O)O. The van der Waals surface area contributed by atoms with E-state index in [0.29, 0.717) is 24.6 Å². The van der Waals surface area contributed by atoms with Gasteiger partial charge < -0.3 is 35.4 Å². The van der Waals surface area contributed by atoms with Gasteiger partial charge in [0.2, 0.25) is 11.8 Å². The lowest BCUT2D eigenvalue weighted by Gasteiger charge is -2.34. The minimum atomic E-state index is -1.17. The summed E-state index contributed by atoms with van der Waals surface area (Å²) in [6.45, 7) is 10.3. The Morgan fingerprint density at radius 2 is 1.10 bits per heavy atom. The Hall–Kier alpha value is -6.15. The Morgan fingerprint density at radius 3 is 1.49 bits per heavy atom. The Labute approximate surface area is 345 Å². The van der Waals surface area contributed by atoms with Gasteiger partial charge in [0.1, 0.15) is 17.9 Å². The van der Waals surface area contributed by atoms with Gasteiger partial charge in [0, 0.05) is 56.0 Å². The first kappa shape index (κ1) is 42.5. The number of aromatic nitrogens is 1. The number of carbonyl (C=O) groups excluding carboxylic acids is 2. The highest BCUT2D eigenvalue weighted by Gasteiger charge is 2.36. The summed E-state index contributed by atoms with van der Waals surface area (Å²) in [5.74, 6) is -0.291. The minimum Gasteiger partial charge on any atom is -0.465 e. The number of nitrogens with one attached hydrogen (secondary N) is 2. The van der Waals surface area contributed by atoms with Crippen molar-refractivity contribution >= 4 is 46.9 Å². The van der Waals surface area contributed by atoms with E-state index < -0.39 is 24.3 Å². The zero-order valence-electron chi connectivity index (χ0n) is 34.5. The number of pyridine rings is 1. The number of nitrogens with zero attached hydrogens (tertiary/aromatic N) is 5.